The fourth-order valence-corrected chi connectivity index (χ4v) is 6.59. The lowest BCUT2D eigenvalue weighted by atomic mass is 10.0. The number of hydrogen-bond donors (Lipinski definition) is 1. The Kier molecular flexibility index (Phi) is 5.00. The number of aryl methyl sites for hydroxylation is 1. The van der Waals surface area contributed by atoms with E-state index in [4.69, 9.17) is 0 Å². The van der Waals surface area contributed by atoms with Gasteiger partial charge in [-0.25, -0.2) is 8.42 Å². The number of carbonyl (C=O) groups excluding carboxylic acids is 1. The first-order valence-electron chi connectivity index (χ1n) is 10.0. The second kappa shape index (κ2) is 7.83. The number of carbonyl (C=O) groups is 1. The Morgan fingerprint density at radius 1 is 0.935 bits per heavy atom. The molecule has 31 heavy (non-hydrogen) atoms. The van der Waals surface area contributed by atoms with E-state index in [0.717, 1.165) is 29.2 Å². The van der Waals surface area contributed by atoms with Crippen molar-refractivity contribution in [2.24, 2.45) is 0 Å². The van der Waals surface area contributed by atoms with Gasteiger partial charge in [0.15, 0.2) is 0 Å². The highest BCUT2D eigenvalue weighted by Crippen LogP contribution is 2.35. The summed E-state index contributed by atoms with van der Waals surface area (Å²) in [5.41, 5.74) is 2.84. The van der Waals surface area contributed by atoms with Gasteiger partial charge in [0.2, 0.25) is 0 Å². The van der Waals surface area contributed by atoms with Crippen LogP contribution in [0, 0.1) is 0 Å². The zero-order valence-electron chi connectivity index (χ0n) is 16.6. The van der Waals surface area contributed by atoms with E-state index >= 15 is 0 Å². The number of thiophene rings is 1. The summed E-state index contributed by atoms with van der Waals surface area (Å²) in [6.07, 6.45) is 1.51. The number of sulfonamides is 1. The van der Waals surface area contributed by atoms with Gasteiger partial charge in [0.05, 0.1) is 5.69 Å². The number of hydrogen-bond acceptors (Lipinski definition) is 4. The molecule has 1 aliphatic rings. The molecule has 7 heteroatoms. The van der Waals surface area contributed by atoms with E-state index in [-0.39, 0.29) is 5.91 Å². The van der Waals surface area contributed by atoms with Gasteiger partial charge >= 0.3 is 0 Å². The highest BCUT2D eigenvalue weighted by atomic mass is 32.2. The van der Waals surface area contributed by atoms with Crippen molar-refractivity contribution >= 4 is 49.4 Å². The topological polar surface area (TPSA) is 66.5 Å². The second-order valence-electron chi connectivity index (χ2n) is 7.47. The minimum atomic E-state index is -3.57. The molecule has 0 aliphatic carbocycles. The van der Waals surface area contributed by atoms with E-state index < -0.39 is 10.0 Å². The molecule has 0 radical (unpaired) electrons. The van der Waals surface area contributed by atoms with Gasteiger partial charge in [-0.1, -0.05) is 36.4 Å². The molecule has 1 N–H and O–H groups in total. The first-order valence-corrected chi connectivity index (χ1v) is 12.3. The Hall–Kier alpha value is -3.16. The van der Waals surface area contributed by atoms with Gasteiger partial charge in [-0.2, -0.15) is 0 Å². The molecule has 5 nitrogen and oxygen atoms in total. The normalized spacial score (nSPS) is 13.7. The molecule has 1 aromatic heterocycles. The molecular formula is C24H20N2O3S2. The Bertz CT molecular complexity index is 1380. The molecule has 0 spiro atoms. The predicted octanol–water partition coefficient (Wildman–Crippen LogP) is 5.30. The molecule has 1 aliphatic heterocycles. The number of amides is 1. The Balaban J connectivity index is 1.41. The quantitative estimate of drug-likeness (QED) is 0.461. The smallest absolute Gasteiger partial charge is 0.273 e. The number of nitrogens with zero attached hydrogens (tertiary/aromatic N) is 1. The zero-order valence-corrected chi connectivity index (χ0v) is 18.2. The number of nitrogens with one attached hydrogen (secondary N) is 1. The molecule has 0 bridgehead atoms. The summed E-state index contributed by atoms with van der Waals surface area (Å²) < 4.78 is 27.9. The molecule has 0 fully saturated rings. The third kappa shape index (κ3) is 3.71. The first-order chi connectivity index (χ1) is 15.0. The molecule has 4 aromatic rings. The highest BCUT2D eigenvalue weighted by molar-refractivity contribution is 7.94. The molecule has 5 rings (SSSR count). The van der Waals surface area contributed by atoms with Crippen LogP contribution in [0.1, 0.15) is 22.3 Å². The van der Waals surface area contributed by atoms with Crippen LogP contribution in [-0.4, -0.2) is 20.9 Å². The molecule has 0 saturated heterocycles. The first kappa shape index (κ1) is 19.8. The van der Waals surface area contributed by atoms with Crippen LogP contribution < -0.4 is 9.62 Å². The van der Waals surface area contributed by atoms with Crippen LogP contribution >= 0.6 is 11.3 Å². The third-order valence-electron chi connectivity index (χ3n) is 5.46. The summed E-state index contributed by atoms with van der Waals surface area (Å²) in [6, 6.07) is 22.3. The number of fused-ring (bicyclic) bond motifs is 2. The van der Waals surface area contributed by atoms with E-state index in [2.05, 4.69) is 5.32 Å². The summed E-state index contributed by atoms with van der Waals surface area (Å²) in [5.74, 6) is -0.190. The van der Waals surface area contributed by atoms with Gasteiger partial charge in [0.25, 0.3) is 15.9 Å². The van der Waals surface area contributed by atoms with Crippen molar-refractivity contribution < 1.29 is 13.2 Å². The minimum Gasteiger partial charge on any atom is -0.322 e. The van der Waals surface area contributed by atoms with Crippen molar-refractivity contribution in [1.29, 1.82) is 0 Å². The maximum Gasteiger partial charge on any atom is 0.273 e. The van der Waals surface area contributed by atoms with Crippen molar-refractivity contribution in [1.82, 2.24) is 0 Å². The van der Waals surface area contributed by atoms with Crippen LogP contribution in [0.3, 0.4) is 0 Å². The maximum absolute atomic E-state index is 13.0. The number of rotatable bonds is 4. The largest absolute Gasteiger partial charge is 0.322 e. The summed E-state index contributed by atoms with van der Waals surface area (Å²) >= 11 is 1.22. The fourth-order valence-electron chi connectivity index (χ4n) is 3.94. The van der Waals surface area contributed by atoms with Gasteiger partial charge in [-0.05, 0) is 71.0 Å². The van der Waals surface area contributed by atoms with E-state index in [9.17, 15) is 13.2 Å². The molecule has 2 heterocycles. The number of anilines is 2. The van der Waals surface area contributed by atoms with Gasteiger partial charge in [-0.3, -0.25) is 9.10 Å². The van der Waals surface area contributed by atoms with Crippen molar-refractivity contribution in [3.8, 4) is 0 Å². The predicted molar refractivity (Wildman–Crippen MR) is 126 cm³/mol. The standard InChI is InChI=1S/C24H20N2O3S2/c27-24(20-10-9-17-5-1-2-6-18(17)15-20)25-21-11-12-22-19(16-21)7-3-13-26(22)31(28,29)23-8-4-14-30-23/h1-2,4-6,8-12,14-16H,3,7,13H2,(H,25,27). The van der Waals surface area contributed by atoms with Crippen molar-refractivity contribution in [3.05, 3.63) is 89.3 Å². The van der Waals surface area contributed by atoms with E-state index in [0.29, 0.717) is 27.7 Å². The Labute approximate surface area is 185 Å². The average Bonchev–Trinajstić information content (AvgIpc) is 3.34. The van der Waals surface area contributed by atoms with Crippen LogP contribution in [0.4, 0.5) is 11.4 Å². The fraction of sp³-hybridized carbons (Fsp3) is 0.125. The molecule has 0 saturated carbocycles. The summed E-state index contributed by atoms with van der Waals surface area (Å²) in [4.78, 5) is 12.8. The lowest BCUT2D eigenvalue weighted by molar-refractivity contribution is 0.102. The average molecular weight is 449 g/mol. The lowest BCUT2D eigenvalue weighted by Crippen LogP contribution is -2.35. The monoisotopic (exact) mass is 448 g/mol. The van der Waals surface area contributed by atoms with Gasteiger partial charge < -0.3 is 5.32 Å². The van der Waals surface area contributed by atoms with Gasteiger partial charge in [0.1, 0.15) is 4.21 Å². The van der Waals surface area contributed by atoms with E-state index in [1.54, 1.807) is 29.6 Å². The maximum atomic E-state index is 13.0. The van der Waals surface area contributed by atoms with Crippen molar-refractivity contribution in [3.63, 3.8) is 0 Å². The molecule has 3 aromatic carbocycles. The molecular weight excluding hydrogens is 428 g/mol. The number of benzene rings is 3. The van der Waals surface area contributed by atoms with Crippen LogP contribution in [0.15, 0.2) is 82.4 Å². The van der Waals surface area contributed by atoms with E-state index in [1.807, 2.05) is 48.5 Å². The minimum absolute atomic E-state index is 0.190. The van der Waals surface area contributed by atoms with E-state index in [1.165, 1.54) is 15.6 Å². The summed E-state index contributed by atoms with van der Waals surface area (Å²) in [5, 5.41) is 6.81. The van der Waals surface area contributed by atoms with Crippen LogP contribution in [0.25, 0.3) is 10.8 Å². The SMILES string of the molecule is O=C(Nc1ccc2c(c1)CCCN2S(=O)(=O)c1cccs1)c1ccc2ccccc2c1. The Morgan fingerprint density at radius 3 is 2.58 bits per heavy atom. The molecule has 156 valence electrons. The molecule has 0 atom stereocenters. The summed E-state index contributed by atoms with van der Waals surface area (Å²) in [7, 11) is -3.57. The third-order valence-corrected chi connectivity index (χ3v) is 8.65. The molecule has 0 unspecified atom stereocenters. The Morgan fingerprint density at radius 2 is 1.77 bits per heavy atom. The van der Waals surface area contributed by atoms with Crippen molar-refractivity contribution in [2.45, 2.75) is 17.1 Å². The summed E-state index contributed by atoms with van der Waals surface area (Å²) in [6.45, 7) is 0.454. The van der Waals surface area contributed by atoms with Crippen LogP contribution in [0.5, 0.6) is 0 Å². The van der Waals surface area contributed by atoms with Crippen LogP contribution in [0.2, 0.25) is 0 Å². The highest BCUT2D eigenvalue weighted by Gasteiger charge is 2.30. The lowest BCUT2D eigenvalue weighted by Gasteiger charge is -2.30. The van der Waals surface area contributed by atoms with Gasteiger partial charge in [0, 0.05) is 17.8 Å². The van der Waals surface area contributed by atoms with Crippen LogP contribution in [-0.2, 0) is 16.4 Å². The van der Waals surface area contributed by atoms with Crippen molar-refractivity contribution in [2.75, 3.05) is 16.2 Å². The van der Waals surface area contributed by atoms with Gasteiger partial charge in [-0.15, -0.1) is 11.3 Å². The second-order valence-corrected chi connectivity index (χ2v) is 10.5. The zero-order chi connectivity index (χ0) is 21.4. The molecule has 1 amide bonds.